The summed E-state index contributed by atoms with van der Waals surface area (Å²) in [6.45, 7) is 8.27. The van der Waals surface area contributed by atoms with Gasteiger partial charge in [-0.3, -0.25) is 4.90 Å². The lowest BCUT2D eigenvalue weighted by atomic mass is 9.95. The molecular formula is C17H28N4Si. The third kappa shape index (κ3) is 3.76. The maximum atomic E-state index is 4.40. The summed E-state index contributed by atoms with van der Waals surface area (Å²) in [6.07, 6.45) is 8.10. The predicted molar refractivity (Wildman–Crippen MR) is 94.5 cm³/mol. The van der Waals surface area contributed by atoms with E-state index in [1.807, 2.05) is 12.1 Å². The second kappa shape index (κ2) is 6.50. The van der Waals surface area contributed by atoms with Crippen molar-refractivity contribution in [1.29, 1.82) is 0 Å². The van der Waals surface area contributed by atoms with Gasteiger partial charge in [-0.25, -0.2) is 4.68 Å². The molecule has 1 heterocycles. The van der Waals surface area contributed by atoms with Crippen LogP contribution in [0.25, 0.3) is 11.0 Å². The van der Waals surface area contributed by atoms with Crippen molar-refractivity contribution in [1.82, 2.24) is 19.9 Å². The Kier molecular flexibility index (Phi) is 4.64. The first-order chi connectivity index (χ1) is 10.5. The summed E-state index contributed by atoms with van der Waals surface area (Å²) in [5, 5.41) is 8.71. The van der Waals surface area contributed by atoms with E-state index < -0.39 is 8.07 Å². The summed E-state index contributed by atoms with van der Waals surface area (Å²) in [5.74, 6) is 0. The molecule has 22 heavy (non-hydrogen) atoms. The summed E-state index contributed by atoms with van der Waals surface area (Å²) >= 11 is 0. The molecule has 0 amide bonds. The number of benzene rings is 1. The van der Waals surface area contributed by atoms with Crippen molar-refractivity contribution in [2.45, 2.75) is 64.5 Å². The Hall–Kier alpha value is -1.20. The van der Waals surface area contributed by atoms with Crippen LogP contribution >= 0.6 is 0 Å². The maximum Gasteiger partial charge on any atom is 0.113 e. The van der Waals surface area contributed by atoms with Gasteiger partial charge in [-0.1, -0.05) is 56.2 Å². The van der Waals surface area contributed by atoms with Crippen molar-refractivity contribution in [3.05, 3.63) is 24.3 Å². The van der Waals surface area contributed by atoms with Gasteiger partial charge in [0, 0.05) is 6.04 Å². The molecule has 0 bridgehead atoms. The van der Waals surface area contributed by atoms with Crippen LogP contribution in [0.5, 0.6) is 0 Å². The van der Waals surface area contributed by atoms with Crippen LogP contribution in [0.3, 0.4) is 0 Å². The molecule has 1 aromatic heterocycles. The minimum absolute atomic E-state index is 0.725. The minimum Gasteiger partial charge on any atom is -0.284 e. The van der Waals surface area contributed by atoms with Crippen LogP contribution in [0.2, 0.25) is 19.6 Å². The Bertz CT molecular complexity index is 610. The zero-order valence-electron chi connectivity index (χ0n) is 14.1. The van der Waals surface area contributed by atoms with Gasteiger partial charge in [0.2, 0.25) is 0 Å². The summed E-state index contributed by atoms with van der Waals surface area (Å²) < 4.78 is 2.09. The van der Waals surface area contributed by atoms with Gasteiger partial charge >= 0.3 is 0 Å². The van der Waals surface area contributed by atoms with E-state index in [9.17, 15) is 0 Å². The first kappa shape index (κ1) is 15.7. The first-order valence-electron chi connectivity index (χ1n) is 8.55. The number of hydrogen-bond acceptors (Lipinski definition) is 3. The smallest absolute Gasteiger partial charge is 0.113 e. The predicted octanol–water partition coefficient (Wildman–Crippen LogP) is 3.90. The molecule has 0 atom stereocenters. The number of aromatic nitrogens is 3. The topological polar surface area (TPSA) is 34.0 Å². The number of hydrogen-bond donors (Lipinski definition) is 0. The largest absolute Gasteiger partial charge is 0.284 e. The van der Waals surface area contributed by atoms with E-state index in [1.54, 1.807) is 0 Å². The lowest BCUT2D eigenvalue weighted by molar-refractivity contribution is 0.134. The van der Waals surface area contributed by atoms with E-state index in [0.717, 1.165) is 23.7 Å². The molecule has 1 fully saturated rings. The third-order valence-corrected chi connectivity index (χ3v) is 5.86. The van der Waals surface area contributed by atoms with Gasteiger partial charge in [-0.2, -0.15) is 0 Å². The molecule has 1 aromatic carbocycles. The summed E-state index contributed by atoms with van der Waals surface area (Å²) in [7, 11) is -1.14. The van der Waals surface area contributed by atoms with Crippen LogP contribution in [0.4, 0.5) is 0 Å². The van der Waals surface area contributed by atoms with Gasteiger partial charge in [0.1, 0.15) is 5.52 Å². The fourth-order valence-electron chi connectivity index (χ4n) is 3.54. The molecule has 0 saturated heterocycles. The average Bonchev–Trinajstić information content (AvgIpc) is 2.90. The van der Waals surface area contributed by atoms with Crippen LogP contribution in [0, 0.1) is 0 Å². The van der Waals surface area contributed by atoms with Crippen molar-refractivity contribution in [2.75, 3.05) is 6.17 Å². The van der Waals surface area contributed by atoms with Crippen LogP contribution in [-0.4, -0.2) is 40.2 Å². The Morgan fingerprint density at radius 3 is 2.59 bits per heavy atom. The normalized spacial score (nSPS) is 17.5. The van der Waals surface area contributed by atoms with Gasteiger partial charge < -0.3 is 0 Å². The van der Waals surface area contributed by atoms with Crippen LogP contribution in [-0.2, 0) is 6.67 Å². The molecule has 120 valence electrons. The quantitative estimate of drug-likeness (QED) is 0.785. The Labute approximate surface area is 134 Å². The van der Waals surface area contributed by atoms with Gasteiger partial charge in [-0.15, -0.1) is 5.10 Å². The molecule has 0 spiro atoms. The van der Waals surface area contributed by atoms with Crippen molar-refractivity contribution in [2.24, 2.45) is 0 Å². The van der Waals surface area contributed by atoms with Crippen LogP contribution < -0.4 is 0 Å². The van der Waals surface area contributed by atoms with Gasteiger partial charge in [0.05, 0.1) is 20.3 Å². The van der Waals surface area contributed by atoms with E-state index in [1.165, 1.54) is 38.3 Å². The highest BCUT2D eigenvalue weighted by atomic mass is 28.3. The van der Waals surface area contributed by atoms with Gasteiger partial charge in [-0.05, 0) is 31.1 Å². The lowest BCUT2D eigenvalue weighted by Gasteiger charge is -2.37. The van der Waals surface area contributed by atoms with E-state index in [0.29, 0.717) is 0 Å². The van der Waals surface area contributed by atoms with Crippen molar-refractivity contribution in [3.8, 4) is 0 Å². The van der Waals surface area contributed by atoms with Crippen LogP contribution in [0.15, 0.2) is 24.3 Å². The molecular weight excluding hydrogens is 288 g/mol. The highest BCUT2D eigenvalue weighted by molar-refractivity contribution is 6.76. The standard InChI is InChI=1S/C17H28N4Si/c1-22(2,3)14-20(15-9-5-4-6-10-15)13-21-17-12-8-7-11-16(17)18-19-21/h7-8,11-12,15H,4-6,9-10,13-14H2,1-3H3. The molecule has 1 aliphatic carbocycles. The zero-order chi connectivity index (χ0) is 15.6. The van der Waals surface area contributed by atoms with E-state index >= 15 is 0 Å². The SMILES string of the molecule is C[Si](C)(C)CN(Cn1nnc2ccccc21)C1CCCCC1. The molecule has 0 N–H and O–H groups in total. The summed E-state index contributed by atoms with van der Waals surface area (Å²) in [5.41, 5.74) is 2.15. The summed E-state index contributed by atoms with van der Waals surface area (Å²) in [6, 6.07) is 9.00. The molecule has 1 aliphatic rings. The minimum atomic E-state index is -1.14. The average molecular weight is 317 g/mol. The molecule has 0 radical (unpaired) electrons. The van der Waals surface area contributed by atoms with Crippen LogP contribution in [0.1, 0.15) is 32.1 Å². The van der Waals surface area contributed by atoms with E-state index in [2.05, 4.69) is 51.7 Å². The van der Waals surface area contributed by atoms with Crippen molar-refractivity contribution >= 4 is 19.1 Å². The van der Waals surface area contributed by atoms with Crippen molar-refractivity contribution < 1.29 is 0 Å². The fraction of sp³-hybridized carbons (Fsp3) is 0.647. The third-order valence-electron chi connectivity index (χ3n) is 4.50. The highest BCUT2D eigenvalue weighted by Gasteiger charge is 2.27. The summed E-state index contributed by atoms with van der Waals surface area (Å²) in [4.78, 5) is 2.69. The molecule has 3 rings (SSSR count). The van der Waals surface area contributed by atoms with Crippen molar-refractivity contribution in [3.63, 3.8) is 0 Å². The van der Waals surface area contributed by atoms with Gasteiger partial charge in [0.15, 0.2) is 0 Å². The first-order valence-corrected chi connectivity index (χ1v) is 12.3. The second-order valence-corrected chi connectivity index (χ2v) is 13.3. The molecule has 1 saturated carbocycles. The number of rotatable bonds is 5. The molecule has 4 nitrogen and oxygen atoms in total. The number of nitrogens with zero attached hydrogens (tertiary/aromatic N) is 4. The second-order valence-electron chi connectivity index (χ2n) is 7.82. The Morgan fingerprint density at radius 1 is 1.14 bits per heavy atom. The highest BCUT2D eigenvalue weighted by Crippen LogP contribution is 2.25. The Balaban J connectivity index is 1.82. The molecule has 5 heteroatoms. The molecule has 2 aromatic rings. The molecule has 0 unspecified atom stereocenters. The zero-order valence-corrected chi connectivity index (χ0v) is 15.1. The molecule has 0 aliphatic heterocycles. The monoisotopic (exact) mass is 316 g/mol. The maximum absolute atomic E-state index is 4.40. The van der Waals surface area contributed by atoms with Gasteiger partial charge in [0.25, 0.3) is 0 Å². The van der Waals surface area contributed by atoms with E-state index in [4.69, 9.17) is 0 Å². The van der Waals surface area contributed by atoms with E-state index in [-0.39, 0.29) is 0 Å². The fourth-order valence-corrected chi connectivity index (χ4v) is 5.12. The Morgan fingerprint density at radius 2 is 1.86 bits per heavy atom. The lowest BCUT2D eigenvalue weighted by Crippen LogP contribution is -2.47. The number of para-hydroxylation sites is 1. The number of fused-ring (bicyclic) bond motifs is 1.